The van der Waals surface area contributed by atoms with Crippen molar-refractivity contribution in [1.29, 1.82) is 0 Å². The number of carbonyl (C=O) groups excluding carboxylic acids is 1. The molecule has 2 aromatic rings. The molecule has 8 nitrogen and oxygen atoms in total. The number of anilines is 1. The van der Waals surface area contributed by atoms with E-state index in [1.165, 1.54) is 0 Å². The molecule has 1 aliphatic heterocycles. The van der Waals surface area contributed by atoms with E-state index >= 15 is 0 Å². The quantitative estimate of drug-likeness (QED) is 0.482. The fourth-order valence-corrected chi connectivity index (χ4v) is 4.14. The minimum Gasteiger partial charge on any atom is -0.353 e. The van der Waals surface area contributed by atoms with Crippen molar-refractivity contribution in [3.63, 3.8) is 0 Å². The van der Waals surface area contributed by atoms with Crippen LogP contribution >= 0.6 is 0 Å². The van der Waals surface area contributed by atoms with Gasteiger partial charge in [0.2, 0.25) is 5.91 Å². The van der Waals surface area contributed by atoms with Gasteiger partial charge >= 0.3 is 0 Å². The predicted octanol–water partition coefficient (Wildman–Crippen LogP) is 3.86. The molecule has 1 aliphatic carbocycles. The number of non-ortho nitro benzene ring substituents is 1. The molecule has 0 radical (unpaired) electrons. The summed E-state index contributed by atoms with van der Waals surface area (Å²) >= 11 is 0. The van der Waals surface area contributed by atoms with Crippen molar-refractivity contribution in [3.8, 4) is 0 Å². The third-order valence-corrected chi connectivity index (χ3v) is 6.61. The lowest BCUT2D eigenvalue weighted by atomic mass is 10.0. The standard InChI is InChI=1S/C24H31N5O3/c1-4-16(2)22-25-17(3)21(15-18-5-9-20(10-6-18)29(31)32)23(26-22)27-11-13-28(14-12-27)24(30)19-7-8-19/h5-6,9-10,16,19H,4,7-8,11-15H2,1-3H3/t16-/m0/s1. The molecule has 1 atom stereocenters. The van der Waals surface area contributed by atoms with E-state index in [4.69, 9.17) is 9.97 Å². The van der Waals surface area contributed by atoms with Gasteiger partial charge in [0.25, 0.3) is 5.69 Å². The average Bonchev–Trinajstić information content (AvgIpc) is 3.65. The van der Waals surface area contributed by atoms with Crippen LogP contribution in [0.4, 0.5) is 11.5 Å². The van der Waals surface area contributed by atoms with Crippen LogP contribution in [0.3, 0.4) is 0 Å². The van der Waals surface area contributed by atoms with Crippen LogP contribution in [0.1, 0.15) is 61.7 Å². The molecule has 0 spiro atoms. The van der Waals surface area contributed by atoms with E-state index < -0.39 is 0 Å². The molecular formula is C24H31N5O3. The first-order chi connectivity index (χ1) is 15.4. The summed E-state index contributed by atoms with van der Waals surface area (Å²) in [7, 11) is 0. The predicted molar refractivity (Wildman–Crippen MR) is 123 cm³/mol. The molecule has 4 rings (SSSR count). The highest BCUT2D eigenvalue weighted by molar-refractivity contribution is 5.81. The van der Waals surface area contributed by atoms with Gasteiger partial charge in [-0.3, -0.25) is 14.9 Å². The summed E-state index contributed by atoms with van der Waals surface area (Å²) in [5.74, 6) is 2.60. The van der Waals surface area contributed by atoms with Crippen LogP contribution in [-0.2, 0) is 11.2 Å². The van der Waals surface area contributed by atoms with Crippen molar-refractivity contribution < 1.29 is 9.72 Å². The summed E-state index contributed by atoms with van der Waals surface area (Å²) in [6.45, 7) is 9.23. The van der Waals surface area contributed by atoms with Crippen LogP contribution in [0.5, 0.6) is 0 Å². The molecule has 1 saturated carbocycles. The summed E-state index contributed by atoms with van der Waals surface area (Å²) in [5.41, 5.74) is 3.07. The number of nitrogens with zero attached hydrogens (tertiary/aromatic N) is 5. The third-order valence-electron chi connectivity index (χ3n) is 6.61. The SMILES string of the molecule is CC[C@H](C)c1nc(C)c(Cc2ccc([N+](=O)[O-])cc2)c(N2CCN(C(=O)C3CC3)CC2)n1. The highest BCUT2D eigenvalue weighted by atomic mass is 16.6. The Morgan fingerprint density at radius 3 is 2.38 bits per heavy atom. The van der Waals surface area contributed by atoms with Gasteiger partial charge in [-0.1, -0.05) is 26.0 Å². The van der Waals surface area contributed by atoms with E-state index in [1.807, 2.05) is 11.8 Å². The van der Waals surface area contributed by atoms with E-state index in [2.05, 4.69) is 18.7 Å². The number of nitro benzene ring substituents is 1. The van der Waals surface area contributed by atoms with Crippen molar-refractivity contribution in [2.45, 2.75) is 52.4 Å². The first kappa shape index (κ1) is 22.2. The lowest BCUT2D eigenvalue weighted by molar-refractivity contribution is -0.384. The number of benzene rings is 1. The van der Waals surface area contributed by atoms with E-state index in [0.717, 1.165) is 60.8 Å². The number of hydrogen-bond acceptors (Lipinski definition) is 6. The van der Waals surface area contributed by atoms with Crippen molar-refractivity contribution in [1.82, 2.24) is 14.9 Å². The van der Waals surface area contributed by atoms with Gasteiger partial charge in [-0.15, -0.1) is 0 Å². The van der Waals surface area contributed by atoms with Gasteiger partial charge in [-0.2, -0.15) is 0 Å². The Balaban J connectivity index is 1.60. The van der Waals surface area contributed by atoms with E-state index in [9.17, 15) is 14.9 Å². The van der Waals surface area contributed by atoms with Crippen molar-refractivity contribution >= 4 is 17.4 Å². The molecule has 1 saturated heterocycles. The smallest absolute Gasteiger partial charge is 0.269 e. The monoisotopic (exact) mass is 437 g/mol. The Morgan fingerprint density at radius 2 is 1.81 bits per heavy atom. The molecule has 1 aromatic heterocycles. The molecule has 170 valence electrons. The van der Waals surface area contributed by atoms with E-state index in [0.29, 0.717) is 25.4 Å². The van der Waals surface area contributed by atoms with Crippen LogP contribution in [0.25, 0.3) is 0 Å². The number of aryl methyl sites for hydroxylation is 1. The Hall–Kier alpha value is -3.03. The average molecular weight is 438 g/mol. The largest absolute Gasteiger partial charge is 0.353 e. The lowest BCUT2D eigenvalue weighted by Crippen LogP contribution is -2.49. The normalized spacial score (nSPS) is 17.3. The minimum atomic E-state index is -0.382. The Bertz CT molecular complexity index is 995. The highest BCUT2D eigenvalue weighted by Crippen LogP contribution is 2.32. The maximum absolute atomic E-state index is 12.5. The van der Waals surface area contributed by atoms with Gasteiger partial charge in [0.05, 0.1) is 4.92 Å². The van der Waals surface area contributed by atoms with Gasteiger partial charge in [0, 0.05) is 67.8 Å². The maximum atomic E-state index is 12.5. The Kier molecular flexibility index (Phi) is 6.39. The number of carbonyl (C=O) groups is 1. The number of hydrogen-bond donors (Lipinski definition) is 0. The summed E-state index contributed by atoms with van der Waals surface area (Å²) in [6.07, 6.45) is 3.63. The zero-order valence-corrected chi connectivity index (χ0v) is 19.1. The molecule has 0 bridgehead atoms. The van der Waals surface area contributed by atoms with Crippen molar-refractivity contribution in [2.24, 2.45) is 5.92 Å². The van der Waals surface area contributed by atoms with Gasteiger partial charge in [0.1, 0.15) is 11.6 Å². The fraction of sp³-hybridized carbons (Fsp3) is 0.542. The Morgan fingerprint density at radius 1 is 1.16 bits per heavy atom. The van der Waals surface area contributed by atoms with Crippen molar-refractivity contribution in [3.05, 3.63) is 57.0 Å². The second-order valence-electron chi connectivity index (χ2n) is 8.97. The highest BCUT2D eigenvalue weighted by Gasteiger charge is 2.35. The number of aromatic nitrogens is 2. The molecule has 1 aromatic carbocycles. The second-order valence-corrected chi connectivity index (χ2v) is 8.97. The van der Waals surface area contributed by atoms with Crippen LogP contribution in [0.15, 0.2) is 24.3 Å². The molecule has 2 aliphatic rings. The van der Waals surface area contributed by atoms with Crippen molar-refractivity contribution in [2.75, 3.05) is 31.1 Å². The zero-order valence-electron chi connectivity index (χ0n) is 19.1. The first-order valence-corrected chi connectivity index (χ1v) is 11.5. The second kappa shape index (κ2) is 9.22. The topological polar surface area (TPSA) is 92.5 Å². The third kappa shape index (κ3) is 4.74. The van der Waals surface area contributed by atoms with Gasteiger partial charge in [0.15, 0.2) is 0 Å². The lowest BCUT2D eigenvalue weighted by Gasteiger charge is -2.37. The maximum Gasteiger partial charge on any atom is 0.269 e. The van der Waals surface area contributed by atoms with Crippen LogP contribution in [0.2, 0.25) is 0 Å². The summed E-state index contributed by atoms with van der Waals surface area (Å²) in [5, 5.41) is 11.0. The van der Waals surface area contributed by atoms with E-state index in [-0.39, 0.29) is 22.4 Å². The number of nitro groups is 1. The van der Waals surface area contributed by atoms with Crippen LogP contribution in [0, 0.1) is 23.0 Å². The first-order valence-electron chi connectivity index (χ1n) is 11.5. The Labute approximate surface area is 188 Å². The van der Waals surface area contributed by atoms with E-state index in [1.54, 1.807) is 24.3 Å². The number of piperazine rings is 1. The van der Waals surface area contributed by atoms with Crippen LogP contribution in [-0.4, -0.2) is 51.9 Å². The van der Waals surface area contributed by atoms with Gasteiger partial charge < -0.3 is 9.80 Å². The fourth-order valence-electron chi connectivity index (χ4n) is 4.14. The zero-order chi connectivity index (χ0) is 22.8. The van der Waals surface area contributed by atoms with Gasteiger partial charge in [-0.05, 0) is 31.7 Å². The molecular weight excluding hydrogens is 406 g/mol. The molecule has 1 amide bonds. The molecule has 32 heavy (non-hydrogen) atoms. The van der Waals surface area contributed by atoms with Gasteiger partial charge in [-0.25, -0.2) is 9.97 Å². The molecule has 2 heterocycles. The number of rotatable bonds is 7. The molecule has 2 fully saturated rings. The summed E-state index contributed by atoms with van der Waals surface area (Å²) < 4.78 is 0. The van der Waals surface area contributed by atoms with Crippen LogP contribution < -0.4 is 4.90 Å². The minimum absolute atomic E-state index is 0.0884. The number of amides is 1. The molecule has 0 unspecified atom stereocenters. The summed E-state index contributed by atoms with van der Waals surface area (Å²) in [6, 6.07) is 6.69. The molecule has 8 heteroatoms. The molecule has 0 N–H and O–H groups in total. The summed E-state index contributed by atoms with van der Waals surface area (Å²) in [4.78, 5) is 37.1.